The van der Waals surface area contributed by atoms with Crippen LogP contribution < -0.4 is 0 Å². The van der Waals surface area contributed by atoms with Crippen LogP contribution in [0.3, 0.4) is 0 Å². The van der Waals surface area contributed by atoms with Crippen molar-refractivity contribution in [1.29, 1.82) is 0 Å². The Morgan fingerprint density at radius 2 is 2.00 bits per heavy atom. The van der Waals surface area contributed by atoms with Crippen LogP contribution in [0.5, 0.6) is 0 Å². The molecule has 1 spiro atoms. The highest BCUT2D eigenvalue weighted by atomic mass is 32.1. The third-order valence-electron chi connectivity index (χ3n) is 7.45. The summed E-state index contributed by atoms with van der Waals surface area (Å²) in [5.74, 6) is 1.12. The van der Waals surface area contributed by atoms with Crippen LogP contribution in [0.1, 0.15) is 62.7 Å². The Kier molecular flexibility index (Phi) is 4.70. The molecule has 1 amide bonds. The molecule has 1 aliphatic heterocycles. The van der Waals surface area contributed by atoms with E-state index in [0.29, 0.717) is 17.2 Å². The van der Waals surface area contributed by atoms with Gasteiger partial charge in [0.05, 0.1) is 5.54 Å². The third kappa shape index (κ3) is 3.16. The lowest BCUT2D eigenvalue weighted by Gasteiger charge is -2.48. The van der Waals surface area contributed by atoms with Crippen molar-refractivity contribution in [3.8, 4) is 0 Å². The number of rotatable bonds is 4. The van der Waals surface area contributed by atoms with Gasteiger partial charge in [0.25, 0.3) is 0 Å². The lowest BCUT2D eigenvalue weighted by atomic mass is 9.66. The molecule has 0 aromatic carbocycles. The van der Waals surface area contributed by atoms with Crippen molar-refractivity contribution in [2.45, 2.75) is 63.3 Å². The lowest BCUT2D eigenvalue weighted by Crippen LogP contribution is -2.47. The number of likely N-dealkylation sites (tertiary alicyclic amines) is 1. The molecule has 1 saturated heterocycles. The van der Waals surface area contributed by atoms with Crippen LogP contribution in [-0.4, -0.2) is 42.9 Å². The molecule has 3 aliphatic rings. The first kappa shape index (κ1) is 17.5. The highest BCUT2D eigenvalue weighted by Gasteiger charge is 2.48. The van der Waals surface area contributed by atoms with Crippen molar-refractivity contribution in [2.24, 2.45) is 11.3 Å². The average Bonchev–Trinajstić information content (AvgIpc) is 3.22. The molecule has 3 nitrogen and oxygen atoms in total. The number of hydrogen-bond acceptors (Lipinski definition) is 3. The molecule has 0 atom stereocenters. The quantitative estimate of drug-likeness (QED) is 0.790. The molecule has 2 aliphatic carbocycles. The van der Waals surface area contributed by atoms with E-state index in [2.05, 4.69) is 41.4 Å². The molecule has 138 valence electrons. The number of thiophene rings is 1. The maximum absolute atomic E-state index is 12.6. The van der Waals surface area contributed by atoms with E-state index in [1.54, 1.807) is 0 Å². The molecule has 1 aromatic rings. The van der Waals surface area contributed by atoms with Crippen molar-refractivity contribution in [2.75, 3.05) is 27.2 Å². The second kappa shape index (κ2) is 6.70. The van der Waals surface area contributed by atoms with Gasteiger partial charge in [-0.25, -0.2) is 0 Å². The standard InChI is InChI=1S/C21H32N2OS/c1-22(2)21(18-7-4-14-25-18)10-8-20(9-11-21)12-13-23(16-20)19(24)15-17-5-3-6-17/h4,7,14,17H,3,5-6,8-13,15-16H2,1-2H3. The van der Waals surface area contributed by atoms with Gasteiger partial charge in [0, 0.05) is 24.4 Å². The summed E-state index contributed by atoms with van der Waals surface area (Å²) < 4.78 is 0. The van der Waals surface area contributed by atoms with Gasteiger partial charge in [0.1, 0.15) is 0 Å². The number of hydrogen-bond donors (Lipinski definition) is 0. The Bertz CT molecular complexity index is 597. The molecule has 4 rings (SSSR count). The number of amides is 1. The second-order valence-corrected chi connectivity index (χ2v) is 9.92. The van der Waals surface area contributed by atoms with Crippen LogP contribution >= 0.6 is 11.3 Å². The zero-order chi connectivity index (χ0) is 17.5. The Balaban J connectivity index is 1.40. The van der Waals surface area contributed by atoms with Crippen molar-refractivity contribution >= 4 is 17.2 Å². The summed E-state index contributed by atoms with van der Waals surface area (Å²) in [4.78, 5) is 18.8. The summed E-state index contributed by atoms with van der Waals surface area (Å²) >= 11 is 1.90. The zero-order valence-corrected chi connectivity index (χ0v) is 16.6. The van der Waals surface area contributed by atoms with E-state index >= 15 is 0 Å². The maximum Gasteiger partial charge on any atom is 0.222 e. The Hall–Kier alpha value is -0.870. The first-order valence-corrected chi connectivity index (χ1v) is 10.9. The molecule has 3 fully saturated rings. The predicted molar refractivity (Wildman–Crippen MR) is 104 cm³/mol. The van der Waals surface area contributed by atoms with Gasteiger partial charge < -0.3 is 4.90 Å². The zero-order valence-electron chi connectivity index (χ0n) is 15.8. The smallest absolute Gasteiger partial charge is 0.222 e. The normalized spacial score (nSPS) is 33.2. The van der Waals surface area contributed by atoms with E-state index < -0.39 is 0 Å². The molecule has 25 heavy (non-hydrogen) atoms. The summed E-state index contributed by atoms with van der Waals surface area (Å²) in [6.07, 6.45) is 10.9. The van der Waals surface area contributed by atoms with Crippen LogP contribution in [0.2, 0.25) is 0 Å². The minimum absolute atomic E-state index is 0.211. The third-order valence-corrected chi connectivity index (χ3v) is 8.52. The van der Waals surface area contributed by atoms with Crippen molar-refractivity contribution in [3.63, 3.8) is 0 Å². The predicted octanol–water partition coefficient (Wildman–Crippen LogP) is 4.49. The van der Waals surface area contributed by atoms with Crippen molar-refractivity contribution in [1.82, 2.24) is 9.80 Å². The second-order valence-electron chi connectivity index (χ2n) is 8.97. The van der Waals surface area contributed by atoms with E-state index in [9.17, 15) is 4.79 Å². The molecule has 0 radical (unpaired) electrons. The molecule has 2 saturated carbocycles. The molecule has 1 aromatic heterocycles. The molecule has 0 unspecified atom stereocenters. The fourth-order valence-electron chi connectivity index (χ4n) is 5.28. The first-order chi connectivity index (χ1) is 12.0. The summed E-state index contributed by atoms with van der Waals surface area (Å²) in [7, 11) is 4.47. The SMILES string of the molecule is CN(C)C1(c2cccs2)CCC2(CCN(C(=O)CC3CCC3)C2)CC1. The van der Waals surface area contributed by atoms with Gasteiger partial charge in [-0.15, -0.1) is 11.3 Å². The van der Waals surface area contributed by atoms with Gasteiger partial charge in [-0.1, -0.05) is 12.5 Å². The maximum atomic E-state index is 12.6. The Morgan fingerprint density at radius 1 is 1.24 bits per heavy atom. The fraction of sp³-hybridized carbons (Fsp3) is 0.762. The minimum Gasteiger partial charge on any atom is -0.342 e. The largest absolute Gasteiger partial charge is 0.342 e. The fourth-order valence-corrected chi connectivity index (χ4v) is 6.35. The number of carbonyl (C=O) groups is 1. The van der Waals surface area contributed by atoms with Gasteiger partial charge in [-0.3, -0.25) is 9.69 Å². The monoisotopic (exact) mass is 360 g/mol. The molecule has 0 bridgehead atoms. The topological polar surface area (TPSA) is 23.6 Å². The number of carbonyl (C=O) groups excluding carboxylic acids is 1. The van der Waals surface area contributed by atoms with Gasteiger partial charge in [-0.2, -0.15) is 0 Å². The van der Waals surface area contributed by atoms with E-state index in [0.717, 1.165) is 19.5 Å². The summed E-state index contributed by atoms with van der Waals surface area (Å²) in [6, 6.07) is 4.50. The summed E-state index contributed by atoms with van der Waals surface area (Å²) in [5.41, 5.74) is 0.606. The highest BCUT2D eigenvalue weighted by Crippen LogP contribution is 2.52. The summed E-state index contributed by atoms with van der Waals surface area (Å²) in [6.45, 7) is 2.02. The van der Waals surface area contributed by atoms with Gasteiger partial charge in [-0.05, 0) is 81.8 Å². The van der Waals surface area contributed by atoms with E-state index in [1.165, 1.54) is 56.2 Å². The highest BCUT2D eigenvalue weighted by molar-refractivity contribution is 7.10. The van der Waals surface area contributed by atoms with Crippen LogP contribution in [0.15, 0.2) is 17.5 Å². The van der Waals surface area contributed by atoms with Crippen LogP contribution in [0, 0.1) is 11.3 Å². The molecular weight excluding hydrogens is 328 g/mol. The van der Waals surface area contributed by atoms with Crippen LogP contribution in [0.25, 0.3) is 0 Å². The van der Waals surface area contributed by atoms with Crippen molar-refractivity contribution in [3.05, 3.63) is 22.4 Å². The van der Waals surface area contributed by atoms with E-state index in [4.69, 9.17) is 0 Å². The number of nitrogens with zero attached hydrogens (tertiary/aromatic N) is 2. The van der Waals surface area contributed by atoms with Gasteiger partial charge in [0.2, 0.25) is 5.91 Å². The Morgan fingerprint density at radius 3 is 2.56 bits per heavy atom. The van der Waals surface area contributed by atoms with Crippen LogP contribution in [-0.2, 0) is 10.3 Å². The molecule has 0 N–H and O–H groups in total. The molecule has 2 heterocycles. The molecular formula is C21H32N2OS. The van der Waals surface area contributed by atoms with Crippen LogP contribution in [0.4, 0.5) is 0 Å². The Labute approximate surface area is 156 Å². The average molecular weight is 361 g/mol. The molecule has 4 heteroatoms. The van der Waals surface area contributed by atoms with Crippen molar-refractivity contribution < 1.29 is 4.79 Å². The minimum atomic E-state index is 0.211. The lowest BCUT2D eigenvalue weighted by molar-refractivity contribution is -0.132. The summed E-state index contributed by atoms with van der Waals surface area (Å²) in [5, 5.41) is 2.21. The van der Waals surface area contributed by atoms with E-state index in [1.807, 2.05) is 11.3 Å². The van der Waals surface area contributed by atoms with Gasteiger partial charge >= 0.3 is 0 Å². The van der Waals surface area contributed by atoms with E-state index in [-0.39, 0.29) is 5.54 Å². The first-order valence-electron chi connectivity index (χ1n) is 10.0. The van der Waals surface area contributed by atoms with Gasteiger partial charge in [0.15, 0.2) is 0 Å².